The summed E-state index contributed by atoms with van der Waals surface area (Å²) in [5, 5.41) is 12.4. The molecule has 116 valence electrons. The Morgan fingerprint density at radius 2 is 2.00 bits per heavy atom. The van der Waals surface area contributed by atoms with E-state index in [1.807, 2.05) is 6.92 Å². The average molecular weight is 294 g/mol. The highest BCUT2D eigenvalue weighted by Crippen LogP contribution is 2.32. The van der Waals surface area contributed by atoms with Crippen molar-refractivity contribution in [3.8, 4) is 0 Å². The topological polar surface area (TPSA) is 52.6 Å². The van der Waals surface area contributed by atoms with Gasteiger partial charge in [0, 0.05) is 13.1 Å². The number of hydrogen-bond donors (Lipinski definition) is 2. The van der Waals surface area contributed by atoms with E-state index in [1.54, 1.807) is 4.90 Å². The summed E-state index contributed by atoms with van der Waals surface area (Å²) < 4.78 is 37.4. The Kier molecular flexibility index (Phi) is 4.30. The van der Waals surface area contributed by atoms with Gasteiger partial charge in [-0.2, -0.15) is 13.2 Å². The number of alkyl halides is 3. The van der Waals surface area contributed by atoms with Crippen LogP contribution in [0.3, 0.4) is 0 Å². The van der Waals surface area contributed by atoms with E-state index in [-0.39, 0.29) is 31.8 Å². The number of rotatable bonds is 2. The van der Waals surface area contributed by atoms with Crippen molar-refractivity contribution in [3.63, 3.8) is 0 Å². The van der Waals surface area contributed by atoms with Gasteiger partial charge in [0.15, 0.2) is 6.10 Å². The summed E-state index contributed by atoms with van der Waals surface area (Å²) in [5.74, 6) is -0.835. The standard InChI is InChI=1S/C13H21F3N2O2/c1-12(5-2-6-17-12)11(20)18-7-3-9(4-8-18)10(19)13(14,15)16/h9-10,17,19H,2-8H2,1H3. The predicted octanol–water partition coefficient (Wildman–Crippen LogP) is 1.29. The van der Waals surface area contributed by atoms with E-state index in [0.717, 1.165) is 19.4 Å². The van der Waals surface area contributed by atoms with E-state index in [1.165, 1.54) is 0 Å². The van der Waals surface area contributed by atoms with Gasteiger partial charge in [-0.15, -0.1) is 0 Å². The fraction of sp³-hybridized carbons (Fsp3) is 0.923. The molecule has 0 saturated carbocycles. The Bertz CT molecular complexity index is 359. The maximum absolute atomic E-state index is 12.5. The first-order valence-corrected chi connectivity index (χ1v) is 7.03. The lowest BCUT2D eigenvalue weighted by molar-refractivity contribution is -0.223. The first-order valence-electron chi connectivity index (χ1n) is 7.03. The third-order valence-electron chi connectivity index (χ3n) is 4.45. The van der Waals surface area contributed by atoms with Crippen LogP contribution in [-0.4, -0.2) is 53.4 Å². The number of aliphatic hydroxyl groups is 1. The molecule has 0 aromatic heterocycles. The van der Waals surface area contributed by atoms with Gasteiger partial charge in [0.2, 0.25) is 5.91 Å². The number of carbonyl (C=O) groups is 1. The number of nitrogens with zero attached hydrogens (tertiary/aromatic N) is 1. The largest absolute Gasteiger partial charge is 0.414 e. The number of likely N-dealkylation sites (tertiary alicyclic amines) is 1. The molecule has 2 N–H and O–H groups in total. The van der Waals surface area contributed by atoms with Crippen molar-refractivity contribution < 1.29 is 23.1 Å². The summed E-state index contributed by atoms with van der Waals surface area (Å²) in [4.78, 5) is 14.0. The summed E-state index contributed by atoms with van der Waals surface area (Å²) in [6.45, 7) is 3.21. The van der Waals surface area contributed by atoms with Crippen LogP contribution in [0.25, 0.3) is 0 Å². The molecule has 2 saturated heterocycles. The average Bonchev–Trinajstić information content (AvgIpc) is 2.84. The van der Waals surface area contributed by atoms with Crippen molar-refractivity contribution in [3.05, 3.63) is 0 Å². The molecule has 4 nitrogen and oxygen atoms in total. The van der Waals surface area contributed by atoms with Gasteiger partial charge >= 0.3 is 6.18 Å². The summed E-state index contributed by atoms with van der Waals surface area (Å²) in [5.41, 5.74) is -0.574. The molecule has 2 rings (SSSR count). The SMILES string of the molecule is CC1(C(=O)N2CCC(C(O)C(F)(F)F)CC2)CCCN1. The summed E-state index contributed by atoms with van der Waals surface area (Å²) in [6.07, 6.45) is -4.76. The molecule has 20 heavy (non-hydrogen) atoms. The van der Waals surface area contributed by atoms with Crippen LogP contribution in [0, 0.1) is 5.92 Å². The minimum atomic E-state index is -4.57. The molecular weight excluding hydrogens is 273 g/mol. The molecule has 0 aliphatic carbocycles. The number of piperidine rings is 1. The van der Waals surface area contributed by atoms with Crippen molar-refractivity contribution in [2.24, 2.45) is 5.92 Å². The smallest absolute Gasteiger partial charge is 0.383 e. The highest BCUT2D eigenvalue weighted by atomic mass is 19.4. The Hall–Kier alpha value is -0.820. The van der Waals surface area contributed by atoms with Gasteiger partial charge in [-0.1, -0.05) is 0 Å². The molecule has 7 heteroatoms. The van der Waals surface area contributed by atoms with Gasteiger partial charge in [0.25, 0.3) is 0 Å². The highest BCUT2D eigenvalue weighted by Gasteiger charge is 2.46. The number of amides is 1. The quantitative estimate of drug-likeness (QED) is 0.807. The van der Waals surface area contributed by atoms with Crippen molar-refractivity contribution >= 4 is 5.91 Å². The van der Waals surface area contributed by atoms with Crippen molar-refractivity contribution in [2.45, 2.75) is 50.4 Å². The summed E-state index contributed by atoms with van der Waals surface area (Å²) in [7, 11) is 0. The molecule has 1 amide bonds. The van der Waals surface area contributed by atoms with E-state index < -0.39 is 23.7 Å². The number of hydrogen-bond acceptors (Lipinski definition) is 3. The summed E-state index contributed by atoms with van der Waals surface area (Å²) >= 11 is 0. The first kappa shape index (κ1) is 15.6. The zero-order valence-corrected chi connectivity index (χ0v) is 11.5. The van der Waals surface area contributed by atoms with E-state index in [2.05, 4.69) is 5.32 Å². The molecule has 2 aliphatic rings. The second-order valence-electron chi connectivity index (χ2n) is 5.98. The normalized spacial score (nSPS) is 30.6. The highest BCUT2D eigenvalue weighted by molar-refractivity contribution is 5.86. The monoisotopic (exact) mass is 294 g/mol. The maximum atomic E-state index is 12.5. The van der Waals surface area contributed by atoms with Crippen LogP contribution in [0.5, 0.6) is 0 Å². The van der Waals surface area contributed by atoms with Crippen LogP contribution in [0.15, 0.2) is 0 Å². The fourth-order valence-electron chi connectivity index (χ4n) is 3.11. The van der Waals surface area contributed by atoms with Gasteiger partial charge < -0.3 is 15.3 Å². The zero-order valence-electron chi connectivity index (χ0n) is 11.5. The molecule has 0 aromatic rings. The molecule has 2 aliphatic heterocycles. The predicted molar refractivity (Wildman–Crippen MR) is 67.0 cm³/mol. The van der Waals surface area contributed by atoms with Crippen molar-refractivity contribution in [1.82, 2.24) is 10.2 Å². The molecule has 0 radical (unpaired) electrons. The van der Waals surface area contributed by atoms with Gasteiger partial charge in [-0.05, 0) is 45.1 Å². The van der Waals surface area contributed by atoms with Crippen LogP contribution in [-0.2, 0) is 4.79 Å². The molecule has 2 heterocycles. The lowest BCUT2D eigenvalue weighted by Gasteiger charge is -2.38. The number of halogens is 3. The van der Waals surface area contributed by atoms with Crippen LogP contribution >= 0.6 is 0 Å². The lowest BCUT2D eigenvalue weighted by Crippen LogP contribution is -2.55. The molecule has 2 fully saturated rings. The van der Waals surface area contributed by atoms with E-state index in [0.29, 0.717) is 0 Å². The van der Waals surface area contributed by atoms with Crippen LogP contribution in [0.2, 0.25) is 0 Å². The Morgan fingerprint density at radius 3 is 2.45 bits per heavy atom. The maximum Gasteiger partial charge on any atom is 0.414 e. The number of nitrogens with one attached hydrogen (secondary N) is 1. The number of aliphatic hydroxyl groups excluding tert-OH is 1. The van der Waals surface area contributed by atoms with Gasteiger partial charge in [-0.25, -0.2) is 0 Å². The molecule has 0 aromatic carbocycles. The van der Waals surface area contributed by atoms with Crippen LogP contribution in [0.4, 0.5) is 13.2 Å². The lowest BCUT2D eigenvalue weighted by atomic mass is 9.89. The summed E-state index contributed by atoms with van der Waals surface area (Å²) in [6, 6.07) is 0. The van der Waals surface area contributed by atoms with Gasteiger partial charge in [0.1, 0.15) is 0 Å². The van der Waals surface area contributed by atoms with Crippen LogP contribution < -0.4 is 5.32 Å². The third-order valence-corrected chi connectivity index (χ3v) is 4.45. The second kappa shape index (κ2) is 5.52. The Balaban J connectivity index is 1.90. The fourth-order valence-corrected chi connectivity index (χ4v) is 3.11. The molecular formula is C13H21F3N2O2. The van der Waals surface area contributed by atoms with Crippen molar-refractivity contribution in [1.29, 1.82) is 0 Å². The second-order valence-corrected chi connectivity index (χ2v) is 5.98. The van der Waals surface area contributed by atoms with E-state index >= 15 is 0 Å². The van der Waals surface area contributed by atoms with Gasteiger partial charge in [-0.3, -0.25) is 4.79 Å². The van der Waals surface area contributed by atoms with Gasteiger partial charge in [0.05, 0.1) is 5.54 Å². The minimum Gasteiger partial charge on any atom is -0.383 e. The molecule has 2 atom stereocenters. The first-order chi connectivity index (χ1) is 9.24. The molecule has 2 unspecified atom stereocenters. The third kappa shape index (κ3) is 3.09. The van der Waals surface area contributed by atoms with Crippen molar-refractivity contribution in [2.75, 3.05) is 19.6 Å². The Morgan fingerprint density at radius 1 is 1.40 bits per heavy atom. The van der Waals surface area contributed by atoms with E-state index in [9.17, 15) is 23.1 Å². The minimum absolute atomic E-state index is 0.0325. The Labute approximate surface area is 116 Å². The molecule has 0 bridgehead atoms. The van der Waals surface area contributed by atoms with Crippen LogP contribution in [0.1, 0.15) is 32.6 Å². The molecule has 0 spiro atoms. The zero-order chi connectivity index (χ0) is 15.0. The van der Waals surface area contributed by atoms with E-state index in [4.69, 9.17) is 0 Å². The number of carbonyl (C=O) groups excluding carboxylic acids is 1.